The third kappa shape index (κ3) is 4.79. The molecule has 1 aromatic carbocycles. The van der Waals surface area contributed by atoms with E-state index in [-0.39, 0.29) is 17.4 Å². The lowest BCUT2D eigenvalue weighted by Gasteiger charge is -2.20. The number of hydrogen-bond donors (Lipinski definition) is 2. The average molecular weight is 382 g/mol. The molecule has 0 fully saturated rings. The number of rotatable bonds is 9. The molecular weight excluding hydrogens is 360 g/mol. The van der Waals surface area contributed by atoms with Crippen molar-refractivity contribution in [2.24, 2.45) is 13.0 Å². The minimum Gasteiger partial charge on any atom is -0.486 e. The van der Waals surface area contributed by atoms with Crippen molar-refractivity contribution in [3.05, 3.63) is 36.4 Å². The molecule has 0 aliphatic carbocycles. The Morgan fingerprint density at radius 1 is 1.35 bits per heavy atom. The van der Waals surface area contributed by atoms with Crippen LogP contribution in [0.1, 0.15) is 26.1 Å². The number of hydrogen-bond acceptors (Lipinski definition) is 6. The summed E-state index contributed by atoms with van der Waals surface area (Å²) in [6.07, 6.45) is 1.95. The second kappa shape index (κ2) is 8.28. The SMILES string of the molecule is CC[C@H](C)[C@H](NS(=O)(=O)c1ccc(OCc2ncnn2C)cc1)C(=O)O. The molecule has 0 bridgehead atoms. The van der Waals surface area contributed by atoms with Crippen LogP contribution in [0.2, 0.25) is 0 Å². The number of benzene rings is 1. The van der Waals surface area contributed by atoms with Crippen LogP contribution in [0, 0.1) is 5.92 Å². The molecule has 1 aromatic heterocycles. The van der Waals surface area contributed by atoms with Gasteiger partial charge in [0.05, 0.1) is 4.90 Å². The van der Waals surface area contributed by atoms with Gasteiger partial charge in [-0.3, -0.25) is 9.48 Å². The van der Waals surface area contributed by atoms with Crippen molar-refractivity contribution in [2.45, 2.75) is 37.8 Å². The summed E-state index contributed by atoms with van der Waals surface area (Å²) in [5.74, 6) is -0.451. The quantitative estimate of drug-likeness (QED) is 0.667. The van der Waals surface area contributed by atoms with E-state index in [1.165, 1.54) is 30.6 Å². The van der Waals surface area contributed by atoms with Crippen LogP contribution in [-0.2, 0) is 28.5 Å². The zero-order valence-corrected chi connectivity index (χ0v) is 15.6. The van der Waals surface area contributed by atoms with Gasteiger partial charge in [-0.05, 0) is 30.2 Å². The van der Waals surface area contributed by atoms with Crippen molar-refractivity contribution in [1.29, 1.82) is 0 Å². The van der Waals surface area contributed by atoms with E-state index in [0.29, 0.717) is 18.0 Å². The Hall–Kier alpha value is -2.46. The van der Waals surface area contributed by atoms with Gasteiger partial charge in [0, 0.05) is 7.05 Å². The second-order valence-corrected chi connectivity index (χ2v) is 7.60. The first-order valence-electron chi connectivity index (χ1n) is 8.05. The largest absolute Gasteiger partial charge is 0.486 e. The van der Waals surface area contributed by atoms with E-state index in [1.54, 1.807) is 25.6 Å². The van der Waals surface area contributed by atoms with Crippen LogP contribution in [0.15, 0.2) is 35.5 Å². The summed E-state index contributed by atoms with van der Waals surface area (Å²) < 4.78 is 34.2. The lowest BCUT2D eigenvalue weighted by molar-refractivity contribution is -0.140. The third-order valence-corrected chi connectivity index (χ3v) is 5.53. The molecule has 0 saturated carbocycles. The van der Waals surface area contributed by atoms with Crippen molar-refractivity contribution < 1.29 is 23.1 Å². The molecule has 0 aliphatic rings. The minimum atomic E-state index is -3.95. The van der Waals surface area contributed by atoms with Crippen LogP contribution in [0.5, 0.6) is 5.75 Å². The van der Waals surface area contributed by atoms with Gasteiger partial charge in [0.25, 0.3) is 0 Å². The third-order valence-electron chi connectivity index (χ3n) is 4.07. The molecule has 10 heteroatoms. The molecule has 2 N–H and O–H groups in total. The van der Waals surface area contributed by atoms with Gasteiger partial charge in [-0.15, -0.1) is 0 Å². The summed E-state index contributed by atoms with van der Waals surface area (Å²) in [7, 11) is -2.21. The topological polar surface area (TPSA) is 123 Å². The van der Waals surface area contributed by atoms with Crippen LogP contribution in [0.25, 0.3) is 0 Å². The maximum Gasteiger partial charge on any atom is 0.322 e. The predicted octanol–water partition coefficient (Wildman–Crippen LogP) is 1.17. The van der Waals surface area contributed by atoms with Gasteiger partial charge in [0.15, 0.2) is 5.82 Å². The summed E-state index contributed by atoms with van der Waals surface area (Å²) in [5.41, 5.74) is 0. The number of carbonyl (C=O) groups is 1. The first kappa shape index (κ1) is 19.9. The van der Waals surface area contributed by atoms with Crippen LogP contribution < -0.4 is 9.46 Å². The summed E-state index contributed by atoms with van der Waals surface area (Å²) in [4.78, 5) is 15.3. The minimum absolute atomic E-state index is 0.0296. The Kier molecular flexibility index (Phi) is 6.32. The van der Waals surface area contributed by atoms with Gasteiger partial charge in [-0.2, -0.15) is 9.82 Å². The van der Waals surface area contributed by atoms with Gasteiger partial charge < -0.3 is 9.84 Å². The van der Waals surface area contributed by atoms with Gasteiger partial charge in [-0.25, -0.2) is 13.4 Å². The fraction of sp³-hybridized carbons (Fsp3) is 0.438. The molecule has 0 saturated heterocycles. The summed E-state index contributed by atoms with van der Waals surface area (Å²) in [6, 6.07) is 4.55. The Balaban J connectivity index is 2.08. The Bertz CT molecular complexity index is 848. The number of sulfonamides is 1. The number of aromatic nitrogens is 3. The molecular formula is C16H22N4O5S. The molecule has 0 radical (unpaired) electrons. The van der Waals surface area contributed by atoms with E-state index < -0.39 is 22.0 Å². The number of nitrogens with one attached hydrogen (secondary N) is 1. The number of carboxylic acid groups (broad SMARTS) is 1. The van der Waals surface area contributed by atoms with Crippen LogP contribution in [0.3, 0.4) is 0 Å². The van der Waals surface area contributed by atoms with E-state index in [9.17, 15) is 18.3 Å². The Labute approximate surface area is 152 Å². The van der Waals surface area contributed by atoms with Crippen molar-refractivity contribution in [3.8, 4) is 5.75 Å². The highest BCUT2D eigenvalue weighted by Crippen LogP contribution is 2.18. The number of aliphatic carboxylic acids is 1. The number of nitrogens with zero attached hydrogens (tertiary/aromatic N) is 3. The monoisotopic (exact) mass is 382 g/mol. The summed E-state index contributed by atoms with van der Waals surface area (Å²) in [5, 5.41) is 13.2. The van der Waals surface area contributed by atoms with Crippen molar-refractivity contribution in [3.63, 3.8) is 0 Å². The molecule has 1 heterocycles. The van der Waals surface area contributed by atoms with Gasteiger partial charge >= 0.3 is 5.97 Å². The first-order valence-corrected chi connectivity index (χ1v) is 9.53. The summed E-state index contributed by atoms with van der Waals surface area (Å²) in [6.45, 7) is 3.68. The van der Waals surface area contributed by atoms with Crippen LogP contribution >= 0.6 is 0 Å². The molecule has 0 amide bonds. The van der Waals surface area contributed by atoms with Gasteiger partial charge in [0.2, 0.25) is 10.0 Å². The van der Waals surface area contributed by atoms with Crippen molar-refractivity contribution in [1.82, 2.24) is 19.5 Å². The molecule has 2 rings (SSSR count). The van der Waals surface area contributed by atoms with Gasteiger partial charge in [0.1, 0.15) is 24.7 Å². The molecule has 26 heavy (non-hydrogen) atoms. The normalized spacial score (nSPS) is 14.0. The molecule has 0 aliphatic heterocycles. The highest BCUT2D eigenvalue weighted by molar-refractivity contribution is 7.89. The molecule has 142 valence electrons. The first-order chi connectivity index (χ1) is 12.2. The van der Waals surface area contributed by atoms with Crippen molar-refractivity contribution in [2.75, 3.05) is 0 Å². The van der Waals surface area contributed by atoms with E-state index >= 15 is 0 Å². The average Bonchev–Trinajstić information content (AvgIpc) is 3.02. The van der Waals surface area contributed by atoms with Gasteiger partial charge in [-0.1, -0.05) is 20.3 Å². The smallest absolute Gasteiger partial charge is 0.322 e. The second-order valence-electron chi connectivity index (χ2n) is 5.88. The molecule has 2 aromatic rings. The highest BCUT2D eigenvalue weighted by atomic mass is 32.2. The maximum atomic E-state index is 12.4. The van der Waals surface area contributed by atoms with E-state index in [4.69, 9.17) is 4.74 Å². The zero-order valence-electron chi connectivity index (χ0n) is 14.8. The van der Waals surface area contributed by atoms with Crippen LogP contribution in [0.4, 0.5) is 0 Å². The number of ether oxygens (including phenoxy) is 1. The maximum absolute atomic E-state index is 12.4. The van der Waals surface area contributed by atoms with E-state index in [1.807, 2.05) is 0 Å². The lowest BCUT2D eigenvalue weighted by Crippen LogP contribution is -2.44. The highest BCUT2D eigenvalue weighted by Gasteiger charge is 2.29. The van der Waals surface area contributed by atoms with E-state index in [0.717, 1.165) is 0 Å². The molecule has 0 spiro atoms. The number of carboxylic acids is 1. The van der Waals surface area contributed by atoms with E-state index in [2.05, 4.69) is 14.8 Å². The molecule has 9 nitrogen and oxygen atoms in total. The molecule has 2 atom stereocenters. The fourth-order valence-corrected chi connectivity index (χ4v) is 3.49. The summed E-state index contributed by atoms with van der Waals surface area (Å²) >= 11 is 0. The Morgan fingerprint density at radius 2 is 2.00 bits per heavy atom. The lowest BCUT2D eigenvalue weighted by atomic mass is 10.0. The predicted molar refractivity (Wildman–Crippen MR) is 93.0 cm³/mol. The zero-order chi connectivity index (χ0) is 19.3. The number of aryl methyl sites for hydroxylation is 1. The fourth-order valence-electron chi connectivity index (χ4n) is 2.19. The van der Waals surface area contributed by atoms with Crippen molar-refractivity contribution >= 4 is 16.0 Å². The Morgan fingerprint density at radius 3 is 2.50 bits per heavy atom. The standard InChI is InChI=1S/C16H22N4O5S/c1-4-11(2)15(16(21)22)19-26(23,24)13-7-5-12(6-8-13)25-9-14-17-10-18-20(14)3/h5-8,10-11,15,19H,4,9H2,1-3H3,(H,21,22)/t11-,15-/m0/s1. The van der Waals surface area contributed by atoms with Crippen LogP contribution in [-0.4, -0.2) is 40.3 Å². The molecule has 0 unspecified atom stereocenters.